The molecule has 1 aliphatic carbocycles. The Balaban J connectivity index is 1.68. The molecule has 1 aliphatic rings. The molecule has 0 radical (unpaired) electrons. The number of rotatable bonds is 4. The molecule has 1 aromatic carbocycles. The molecule has 0 saturated heterocycles. The minimum Gasteiger partial charge on any atom is -0.349 e. The zero-order chi connectivity index (χ0) is 16.1. The Kier molecular flexibility index (Phi) is 4.66. The Morgan fingerprint density at radius 3 is 2.30 bits per heavy atom. The van der Waals surface area contributed by atoms with Gasteiger partial charge in [-0.05, 0) is 31.0 Å². The second kappa shape index (κ2) is 7.05. The highest BCUT2D eigenvalue weighted by atomic mass is 16.2. The zero-order valence-corrected chi connectivity index (χ0v) is 12.8. The Bertz CT molecular complexity index is 694. The first kappa shape index (κ1) is 15.2. The predicted octanol–water partition coefficient (Wildman–Crippen LogP) is 3.01. The van der Waals surface area contributed by atoms with E-state index >= 15 is 0 Å². The molecule has 2 N–H and O–H groups in total. The summed E-state index contributed by atoms with van der Waals surface area (Å²) in [6.45, 7) is 0. The molecule has 5 heteroatoms. The summed E-state index contributed by atoms with van der Waals surface area (Å²) in [5.41, 5.74) is 1.49. The molecule has 0 unspecified atom stereocenters. The average Bonchev–Trinajstić information content (AvgIpc) is 3.09. The lowest BCUT2D eigenvalue weighted by atomic mass is 10.1. The molecule has 0 bridgehead atoms. The van der Waals surface area contributed by atoms with Crippen molar-refractivity contribution < 1.29 is 9.59 Å². The molecule has 0 atom stereocenters. The number of nitrogens with zero attached hydrogens (tertiary/aromatic N) is 1. The van der Waals surface area contributed by atoms with Crippen molar-refractivity contribution in [2.45, 2.75) is 31.7 Å². The largest absolute Gasteiger partial charge is 0.349 e. The van der Waals surface area contributed by atoms with Gasteiger partial charge in [0.05, 0.1) is 11.1 Å². The fourth-order valence-corrected chi connectivity index (χ4v) is 2.75. The van der Waals surface area contributed by atoms with Gasteiger partial charge < -0.3 is 10.6 Å². The summed E-state index contributed by atoms with van der Waals surface area (Å²) in [4.78, 5) is 28.5. The Morgan fingerprint density at radius 1 is 0.957 bits per heavy atom. The van der Waals surface area contributed by atoms with Gasteiger partial charge in [0.1, 0.15) is 0 Å². The van der Waals surface area contributed by atoms with Crippen LogP contribution >= 0.6 is 0 Å². The number of benzene rings is 1. The second-order valence-corrected chi connectivity index (χ2v) is 5.74. The molecule has 0 aliphatic heterocycles. The van der Waals surface area contributed by atoms with Gasteiger partial charge in [0, 0.05) is 24.1 Å². The van der Waals surface area contributed by atoms with Crippen molar-refractivity contribution in [1.29, 1.82) is 0 Å². The van der Waals surface area contributed by atoms with Gasteiger partial charge in [0.2, 0.25) is 0 Å². The summed E-state index contributed by atoms with van der Waals surface area (Å²) in [5, 5.41) is 5.79. The summed E-state index contributed by atoms with van der Waals surface area (Å²) < 4.78 is 0. The standard InChI is InChI=1S/C18H19N3O2/c22-17(20-15-6-2-1-3-7-15)13-10-14(12-19-11-13)18(23)21-16-8-4-5-9-16/h1-3,6-7,10-12,16H,4-5,8-9H2,(H,20,22)(H,21,23). The van der Waals surface area contributed by atoms with E-state index in [9.17, 15) is 9.59 Å². The molecule has 1 fully saturated rings. The van der Waals surface area contributed by atoms with E-state index in [1.54, 1.807) is 6.07 Å². The van der Waals surface area contributed by atoms with Crippen molar-refractivity contribution in [2.75, 3.05) is 5.32 Å². The molecular formula is C18H19N3O2. The highest BCUT2D eigenvalue weighted by molar-refractivity contribution is 6.05. The third-order valence-corrected chi connectivity index (χ3v) is 3.98. The van der Waals surface area contributed by atoms with Crippen molar-refractivity contribution in [1.82, 2.24) is 10.3 Å². The monoisotopic (exact) mass is 309 g/mol. The van der Waals surface area contributed by atoms with Crippen molar-refractivity contribution in [3.63, 3.8) is 0 Å². The van der Waals surface area contributed by atoms with Gasteiger partial charge in [-0.25, -0.2) is 0 Å². The number of amides is 2. The van der Waals surface area contributed by atoms with Crippen molar-refractivity contribution in [2.24, 2.45) is 0 Å². The molecule has 2 aromatic rings. The van der Waals surface area contributed by atoms with E-state index in [1.807, 2.05) is 30.3 Å². The number of hydrogen-bond donors (Lipinski definition) is 2. The number of nitrogens with one attached hydrogen (secondary N) is 2. The van der Waals surface area contributed by atoms with E-state index in [-0.39, 0.29) is 17.9 Å². The maximum absolute atomic E-state index is 12.3. The summed E-state index contributed by atoms with van der Waals surface area (Å²) in [5.74, 6) is -0.446. The normalized spacial score (nSPS) is 14.4. The Hall–Kier alpha value is -2.69. The van der Waals surface area contributed by atoms with Crippen LogP contribution in [-0.2, 0) is 0 Å². The first-order valence-corrected chi connectivity index (χ1v) is 7.85. The number of aromatic nitrogens is 1. The maximum atomic E-state index is 12.3. The quantitative estimate of drug-likeness (QED) is 0.912. The van der Waals surface area contributed by atoms with E-state index < -0.39 is 0 Å². The number of pyridine rings is 1. The Morgan fingerprint density at radius 2 is 1.61 bits per heavy atom. The SMILES string of the molecule is O=C(Nc1ccccc1)c1cncc(C(=O)NC2CCCC2)c1. The third kappa shape index (κ3) is 3.94. The van der Waals surface area contributed by atoms with E-state index in [0.29, 0.717) is 16.8 Å². The van der Waals surface area contributed by atoms with Crippen LogP contribution < -0.4 is 10.6 Å². The van der Waals surface area contributed by atoms with Gasteiger partial charge in [0.25, 0.3) is 11.8 Å². The van der Waals surface area contributed by atoms with Crippen LogP contribution in [0.1, 0.15) is 46.4 Å². The van der Waals surface area contributed by atoms with E-state index in [1.165, 1.54) is 12.4 Å². The van der Waals surface area contributed by atoms with Crippen LogP contribution in [0.4, 0.5) is 5.69 Å². The first-order valence-electron chi connectivity index (χ1n) is 7.85. The minimum atomic E-state index is -0.279. The van der Waals surface area contributed by atoms with Crippen LogP contribution in [0, 0.1) is 0 Å². The van der Waals surface area contributed by atoms with Crippen LogP contribution in [0.25, 0.3) is 0 Å². The van der Waals surface area contributed by atoms with Crippen molar-refractivity contribution in [3.05, 3.63) is 59.9 Å². The van der Waals surface area contributed by atoms with Gasteiger partial charge in [-0.3, -0.25) is 14.6 Å². The predicted molar refractivity (Wildman–Crippen MR) is 88.4 cm³/mol. The van der Waals surface area contributed by atoms with E-state index in [0.717, 1.165) is 25.7 Å². The molecule has 1 heterocycles. The number of hydrogen-bond acceptors (Lipinski definition) is 3. The number of anilines is 1. The maximum Gasteiger partial charge on any atom is 0.257 e. The second-order valence-electron chi connectivity index (χ2n) is 5.74. The van der Waals surface area contributed by atoms with Gasteiger partial charge in [-0.1, -0.05) is 31.0 Å². The molecule has 2 amide bonds. The number of carbonyl (C=O) groups is 2. The van der Waals surface area contributed by atoms with Crippen LogP contribution in [0.5, 0.6) is 0 Å². The molecule has 1 saturated carbocycles. The van der Waals surface area contributed by atoms with E-state index in [4.69, 9.17) is 0 Å². The highest BCUT2D eigenvalue weighted by Crippen LogP contribution is 2.18. The zero-order valence-electron chi connectivity index (χ0n) is 12.8. The molecule has 5 nitrogen and oxygen atoms in total. The lowest BCUT2D eigenvalue weighted by Crippen LogP contribution is -2.32. The fraction of sp³-hybridized carbons (Fsp3) is 0.278. The van der Waals surface area contributed by atoms with Gasteiger partial charge >= 0.3 is 0 Å². The van der Waals surface area contributed by atoms with Crippen LogP contribution in [0.15, 0.2) is 48.8 Å². The first-order chi connectivity index (χ1) is 11.2. The summed E-state index contributed by atoms with van der Waals surface area (Å²) in [6.07, 6.45) is 7.31. The van der Waals surface area contributed by atoms with Crippen molar-refractivity contribution >= 4 is 17.5 Å². The summed E-state index contributed by atoms with van der Waals surface area (Å²) >= 11 is 0. The number of para-hydroxylation sites is 1. The Labute approximate surface area is 135 Å². The number of carbonyl (C=O) groups excluding carboxylic acids is 2. The fourth-order valence-electron chi connectivity index (χ4n) is 2.75. The molecule has 0 spiro atoms. The van der Waals surface area contributed by atoms with Crippen molar-refractivity contribution in [3.8, 4) is 0 Å². The van der Waals surface area contributed by atoms with Crippen LogP contribution in [0.2, 0.25) is 0 Å². The van der Waals surface area contributed by atoms with E-state index in [2.05, 4.69) is 15.6 Å². The smallest absolute Gasteiger partial charge is 0.257 e. The average molecular weight is 309 g/mol. The lowest BCUT2D eigenvalue weighted by Gasteiger charge is -2.12. The molecule has 1 aromatic heterocycles. The highest BCUT2D eigenvalue weighted by Gasteiger charge is 2.19. The van der Waals surface area contributed by atoms with Crippen LogP contribution in [0.3, 0.4) is 0 Å². The van der Waals surface area contributed by atoms with Gasteiger partial charge in [-0.2, -0.15) is 0 Å². The summed E-state index contributed by atoms with van der Waals surface area (Å²) in [6, 6.07) is 11.0. The molecule has 23 heavy (non-hydrogen) atoms. The molecule has 118 valence electrons. The summed E-state index contributed by atoms with van der Waals surface area (Å²) in [7, 11) is 0. The van der Waals surface area contributed by atoms with Gasteiger partial charge in [0.15, 0.2) is 0 Å². The lowest BCUT2D eigenvalue weighted by molar-refractivity contribution is 0.0937. The van der Waals surface area contributed by atoms with Gasteiger partial charge in [-0.15, -0.1) is 0 Å². The molecule has 3 rings (SSSR count). The topological polar surface area (TPSA) is 71.1 Å². The third-order valence-electron chi connectivity index (χ3n) is 3.98. The van der Waals surface area contributed by atoms with Crippen LogP contribution in [-0.4, -0.2) is 22.8 Å². The molecular weight excluding hydrogens is 290 g/mol. The minimum absolute atomic E-state index is 0.168.